The number of nitrogens with one attached hydrogen (secondary N) is 1. The molecule has 1 amide bonds. The molecule has 0 unspecified atom stereocenters. The summed E-state index contributed by atoms with van der Waals surface area (Å²) in [6.07, 6.45) is 8.18. The average Bonchev–Trinajstić information content (AvgIpc) is 3.07. The SMILES string of the molecule is CC(C)(C#N)COc1ccc(-c2cnc3[nH]cc(/C=C/C(N)=O)c3c2)cn1. The Balaban J connectivity index is 1.84. The van der Waals surface area contributed by atoms with Gasteiger partial charge < -0.3 is 15.5 Å². The van der Waals surface area contributed by atoms with Crippen molar-refractivity contribution in [2.45, 2.75) is 13.8 Å². The van der Waals surface area contributed by atoms with Gasteiger partial charge in [0.1, 0.15) is 12.3 Å². The second-order valence-electron chi connectivity index (χ2n) is 6.77. The van der Waals surface area contributed by atoms with Crippen molar-refractivity contribution >= 4 is 23.0 Å². The van der Waals surface area contributed by atoms with E-state index in [1.54, 1.807) is 30.7 Å². The predicted octanol–water partition coefficient (Wildman–Crippen LogP) is 3.05. The number of hydrogen-bond donors (Lipinski definition) is 2. The van der Waals surface area contributed by atoms with E-state index in [-0.39, 0.29) is 6.61 Å². The van der Waals surface area contributed by atoms with Gasteiger partial charge in [-0.3, -0.25) is 4.79 Å². The van der Waals surface area contributed by atoms with Crippen molar-refractivity contribution in [2.24, 2.45) is 11.1 Å². The van der Waals surface area contributed by atoms with Gasteiger partial charge in [-0.05, 0) is 32.1 Å². The minimum Gasteiger partial charge on any atom is -0.476 e. The zero-order valence-electron chi connectivity index (χ0n) is 15.1. The Kier molecular flexibility index (Phi) is 4.90. The van der Waals surface area contributed by atoms with Crippen molar-refractivity contribution in [2.75, 3.05) is 6.61 Å². The predicted molar refractivity (Wildman–Crippen MR) is 102 cm³/mol. The molecule has 0 saturated heterocycles. The number of amides is 1. The summed E-state index contributed by atoms with van der Waals surface area (Å²) in [6.45, 7) is 3.88. The number of rotatable bonds is 6. The van der Waals surface area contributed by atoms with Crippen molar-refractivity contribution in [1.29, 1.82) is 5.26 Å². The lowest BCUT2D eigenvalue weighted by atomic mass is 9.98. The summed E-state index contributed by atoms with van der Waals surface area (Å²) in [5.41, 5.74) is 7.89. The van der Waals surface area contributed by atoms with Crippen LogP contribution < -0.4 is 10.5 Å². The zero-order valence-corrected chi connectivity index (χ0v) is 15.1. The van der Waals surface area contributed by atoms with Crippen molar-refractivity contribution < 1.29 is 9.53 Å². The van der Waals surface area contributed by atoms with Crippen LogP contribution in [0.5, 0.6) is 5.88 Å². The van der Waals surface area contributed by atoms with Gasteiger partial charge in [0.25, 0.3) is 0 Å². The van der Waals surface area contributed by atoms with Crippen LogP contribution >= 0.6 is 0 Å². The molecule has 3 heterocycles. The van der Waals surface area contributed by atoms with E-state index in [2.05, 4.69) is 21.0 Å². The van der Waals surface area contributed by atoms with Crippen molar-refractivity contribution in [3.05, 3.63) is 48.4 Å². The van der Waals surface area contributed by atoms with Crippen molar-refractivity contribution in [3.63, 3.8) is 0 Å². The van der Waals surface area contributed by atoms with Gasteiger partial charge in [-0.25, -0.2) is 9.97 Å². The van der Waals surface area contributed by atoms with Gasteiger partial charge in [-0.2, -0.15) is 5.26 Å². The van der Waals surface area contributed by atoms with Crippen LogP contribution in [-0.2, 0) is 4.79 Å². The summed E-state index contributed by atoms with van der Waals surface area (Å²) in [5, 5.41) is 9.91. The first-order chi connectivity index (χ1) is 12.9. The molecule has 27 heavy (non-hydrogen) atoms. The third-order valence-corrected chi connectivity index (χ3v) is 3.94. The van der Waals surface area contributed by atoms with Gasteiger partial charge in [0.05, 0.1) is 11.5 Å². The van der Waals surface area contributed by atoms with Gasteiger partial charge >= 0.3 is 0 Å². The molecule has 0 radical (unpaired) electrons. The Morgan fingerprint density at radius 1 is 1.33 bits per heavy atom. The number of ether oxygens (including phenoxy) is 1. The lowest BCUT2D eigenvalue weighted by Gasteiger charge is -2.15. The summed E-state index contributed by atoms with van der Waals surface area (Å²) in [6, 6.07) is 7.80. The third kappa shape index (κ3) is 4.30. The molecule has 0 spiro atoms. The molecule has 3 aromatic heterocycles. The largest absolute Gasteiger partial charge is 0.476 e. The highest BCUT2D eigenvalue weighted by Gasteiger charge is 2.18. The average molecular weight is 361 g/mol. The number of nitrogens with two attached hydrogens (primary N) is 1. The minimum absolute atomic E-state index is 0.266. The molecule has 0 atom stereocenters. The Morgan fingerprint density at radius 3 is 2.78 bits per heavy atom. The van der Waals surface area contributed by atoms with E-state index in [0.717, 1.165) is 27.7 Å². The van der Waals surface area contributed by atoms with Crippen molar-refractivity contribution in [1.82, 2.24) is 15.0 Å². The van der Waals surface area contributed by atoms with E-state index in [1.807, 2.05) is 26.0 Å². The van der Waals surface area contributed by atoms with Crippen LogP contribution in [0.1, 0.15) is 19.4 Å². The van der Waals surface area contributed by atoms with E-state index in [4.69, 9.17) is 15.7 Å². The maximum Gasteiger partial charge on any atom is 0.241 e. The molecule has 3 rings (SSSR count). The summed E-state index contributed by atoms with van der Waals surface area (Å²) in [5.74, 6) is -0.0457. The molecule has 7 nitrogen and oxygen atoms in total. The Morgan fingerprint density at radius 2 is 2.11 bits per heavy atom. The lowest BCUT2D eigenvalue weighted by Crippen LogP contribution is -2.19. The number of carbonyl (C=O) groups is 1. The molecule has 0 aliphatic rings. The Bertz CT molecular complexity index is 1040. The molecule has 0 aromatic carbocycles. The Labute approximate surface area is 156 Å². The van der Waals surface area contributed by atoms with Gasteiger partial charge in [-0.1, -0.05) is 0 Å². The highest BCUT2D eigenvalue weighted by Crippen LogP contribution is 2.26. The standard InChI is InChI=1S/C20H19N5O2/c1-20(2,11-21)12-27-18-6-4-13(8-23-18)15-7-16-14(3-5-17(22)26)9-24-19(16)25-10-15/h3-10H,12H2,1-2H3,(H2,22,26)(H,24,25)/b5-3+. The molecule has 0 aliphatic carbocycles. The Hall–Kier alpha value is -3.66. The molecule has 7 heteroatoms. The number of aromatic nitrogens is 3. The van der Waals surface area contributed by atoms with E-state index < -0.39 is 11.3 Å². The van der Waals surface area contributed by atoms with E-state index in [1.165, 1.54) is 6.08 Å². The quantitative estimate of drug-likeness (QED) is 0.654. The number of hydrogen-bond acceptors (Lipinski definition) is 5. The topological polar surface area (TPSA) is 118 Å². The molecule has 0 saturated carbocycles. The number of H-pyrrole nitrogens is 1. The number of nitriles is 1. The first-order valence-electron chi connectivity index (χ1n) is 8.33. The molecule has 0 bridgehead atoms. The normalized spacial score (nSPS) is 11.6. The van der Waals surface area contributed by atoms with Crippen LogP contribution in [0, 0.1) is 16.7 Å². The summed E-state index contributed by atoms with van der Waals surface area (Å²) in [4.78, 5) is 22.7. The smallest absolute Gasteiger partial charge is 0.241 e. The maximum absolute atomic E-state index is 11.0. The molecular formula is C20H19N5O2. The fourth-order valence-electron chi connectivity index (χ4n) is 2.41. The van der Waals surface area contributed by atoms with Crippen LogP contribution in [0.3, 0.4) is 0 Å². The van der Waals surface area contributed by atoms with Crippen LogP contribution in [0.25, 0.3) is 28.2 Å². The molecular weight excluding hydrogens is 342 g/mol. The van der Waals surface area contributed by atoms with E-state index in [9.17, 15) is 4.79 Å². The van der Waals surface area contributed by atoms with Crippen LogP contribution in [0.2, 0.25) is 0 Å². The number of carbonyl (C=O) groups excluding carboxylic acids is 1. The summed E-state index contributed by atoms with van der Waals surface area (Å²) < 4.78 is 5.58. The first-order valence-corrected chi connectivity index (χ1v) is 8.33. The number of primary amides is 1. The third-order valence-electron chi connectivity index (χ3n) is 3.94. The highest BCUT2D eigenvalue weighted by molar-refractivity contribution is 5.95. The molecule has 0 fully saturated rings. The fourth-order valence-corrected chi connectivity index (χ4v) is 2.41. The highest BCUT2D eigenvalue weighted by atomic mass is 16.5. The van der Waals surface area contributed by atoms with E-state index >= 15 is 0 Å². The molecule has 0 aliphatic heterocycles. The summed E-state index contributed by atoms with van der Waals surface area (Å²) >= 11 is 0. The van der Waals surface area contributed by atoms with Gasteiger partial charge in [0.15, 0.2) is 0 Å². The van der Waals surface area contributed by atoms with Gasteiger partial charge in [0.2, 0.25) is 11.8 Å². The number of pyridine rings is 2. The van der Waals surface area contributed by atoms with Crippen LogP contribution in [-0.4, -0.2) is 27.5 Å². The first kappa shape index (κ1) is 18.1. The molecule has 3 aromatic rings. The second kappa shape index (κ2) is 7.30. The summed E-state index contributed by atoms with van der Waals surface area (Å²) in [7, 11) is 0. The van der Waals surface area contributed by atoms with Crippen molar-refractivity contribution in [3.8, 4) is 23.1 Å². The fraction of sp³-hybridized carbons (Fsp3) is 0.200. The molecule has 3 N–H and O–H groups in total. The van der Waals surface area contributed by atoms with Gasteiger partial charge in [0, 0.05) is 52.8 Å². The number of fused-ring (bicyclic) bond motifs is 1. The van der Waals surface area contributed by atoms with Gasteiger partial charge in [-0.15, -0.1) is 0 Å². The zero-order chi connectivity index (χ0) is 19.4. The molecule has 136 valence electrons. The second-order valence-corrected chi connectivity index (χ2v) is 6.77. The lowest BCUT2D eigenvalue weighted by molar-refractivity contribution is -0.113. The van der Waals surface area contributed by atoms with E-state index in [0.29, 0.717) is 5.88 Å². The van der Waals surface area contributed by atoms with Crippen LogP contribution in [0.15, 0.2) is 42.9 Å². The monoisotopic (exact) mass is 361 g/mol. The maximum atomic E-state index is 11.0. The minimum atomic E-state index is -0.571. The number of nitrogens with zero attached hydrogens (tertiary/aromatic N) is 3. The number of aromatic amines is 1. The van der Waals surface area contributed by atoms with Crippen LogP contribution in [0.4, 0.5) is 0 Å².